The highest BCUT2D eigenvalue weighted by atomic mass is 16.5. The van der Waals surface area contributed by atoms with E-state index in [0.717, 1.165) is 13.1 Å². The predicted octanol–water partition coefficient (Wildman–Crippen LogP) is 0.585. The van der Waals surface area contributed by atoms with Crippen molar-refractivity contribution in [2.45, 2.75) is 19.4 Å². The van der Waals surface area contributed by atoms with Crippen molar-refractivity contribution in [1.29, 1.82) is 0 Å². The van der Waals surface area contributed by atoms with Crippen molar-refractivity contribution in [2.24, 2.45) is 5.73 Å². The second-order valence-corrected chi connectivity index (χ2v) is 5.86. The van der Waals surface area contributed by atoms with E-state index < -0.39 is 0 Å². The number of rotatable bonds is 4. The Morgan fingerprint density at radius 1 is 1.38 bits per heavy atom. The van der Waals surface area contributed by atoms with Crippen LogP contribution in [-0.2, 0) is 0 Å². The van der Waals surface area contributed by atoms with Crippen LogP contribution in [0.2, 0.25) is 0 Å². The highest BCUT2D eigenvalue weighted by Crippen LogP contribution is 2.20. The molecule has 0 spiro atoms. The minimum atomic E-state index is -0.0267. The molecule has 2 N–H and O–H groups in total. The molecule has 0 aromatic carbocycles. The number of piperazine rings is 1. The maximum atomic E-state index is 12.6. The SMILES string of the molecule is COc1ncccc1C(=O)N1CCN(C(C)(C)CN)CC1. The third-order valence-corrected chi connectivity index (χ3v) is 4.12. The Labute approximate surface area is 125 Å². The minimum absolute atomic E-state index is 0.0230. The molecule has 1 aliphatic rings. The molecule has 6 heteroatoms. The summed E-state index contributed by atoms with van der Waals surface area (Å²) in [6, 6.07) is 3.51. The van der Waals surface area contributed by atoms with Crippen molar-refractivity contribution >= 4 is 5.91 Å². The first-order valence-corrected chi connectivity index (χ1v) is 7.23. The number of hydrogen-bond donors (Lipinski definition) is 1. The summed E-state index contributed by atoms with van der Waals surface area (Å²) in [7, 11) is 1.53. The van der Waals surface area contributed by atoms with Crippen LogP contribution < -0.4 is 10.5 Å². The molecule has 0 saturated carbocycles. The maximum Gasteiger partial charge on any atom is 0.259 e. The molecule has 1 aliphatic heterocycles. The zero-order valence-electron chi connectivity index (χ0n) is 13.0. The van der Waals surface area contributed by atoms with E-state index in [1.54, 1.807) is 18.3 Å². The molecule has 1 aromatic heterocycles. The lowest BCUT2D eigenvalue weighted by atomic mass is 10.0. The van der Waals surface area contributed by atoms with E-state index in [4.69, 9.17) is 10.5 Å². The molecule has 116 valence electrons. The largest absolute Gasteiger partial charge is 0.480 e. The Kier molecular flexibility index (Phi) is 4.80. The Morgan fingerprint density at radius 2 is 2.05 bits per heavy atom. The van der Waals surface area contributed by atoms with Crippen LogP contribution in [0.5, 0.6) is 5.88 Å². The molecule has 0 unspecified atom stereocenters. The van der Waals surface area contributed by atoms with E-state index in [-0.39, 0.29) is 11.4 Å². The summed E-state index contributed by atoms with van der Waals surface area (Å²) in [5.41, 5.74) is 6.31. The highest BCUT2D eigenvalue weighted by Gasteiger charge is 2.31. The van der Waals surface area contributed by atoms with Gasteiger partial charge in [-0.25, -0.2) is 4.98 Å². The highest BCUT2D eigenvalue weighted by molar-refractivity contribution is 5.96. The number of aromatic nitrogens is 1. The van der Waals surface area contributed by atoms with Gasteiger partial charge >= 0.3 is 0 Å². The maximum absolute atomic E-state index is 12.6. The standard InChI is InChI=1S/C15H24N4O2/c1-15(2,11-16)19-9-7-18(8-10-19)14(20)12-5-4-6-17-13(12)21-3/h4-6H,7-11,16H2,1-3H3. The van der Waals surface area contributed by atoms with Crippen LogP contribution in [0.4, 0.5) is 0 Å². The molecule has 1 amide bonds. The van der Waals surface area contributed by atoms with Crippen LogP contribution in [0.1, 0.15) is 24.2 Å². The van der Waals surface area contributed by atoms with Gasteiger partial charge in [-0.1, -0.05) is 0 Å². The first-order valence-electron chi connectivity index (χ1n) is 7.23. The van der Waals surface area contributed by atoms with E-state index in [1.807, 2.05) is 4.90 Å². The zero-order chi connectivity index (χ0) is 15.5. The molecule has 1 saturated heterocycles. The number of nitrogens with two attached hydrogens (primary N) is 1. The molecule has 0 atom stereocenters. The predicted molar refractivity (Wildman–Crippen MR) is 81.4 cm³/mol. The Hall–Kier alpha value is -1.66. The van der Waals surface area contributed by atoms with Crippen molar-refractivity contribution in [3.05, 3.63) is 23.9 Å². The summed E-state index contributed by atoms with van der Waals surface area (Å²) in [5, 5.41) is 0. The normalized spacial score (nSPS) is 16.9. The van der Waals surface area contributed by atoms with Gasteiger partial charge in [-0.15, -0.1) is 0 Å². The van der Waals surface area contributed by atoms with E-state index in [2.05, 4.69) is 23.7 Å². The van der Waals surface area contributed by atoms with E-state index >= 15 is 0 Å². The molecule has 21 heavy (non-hydrogen) atoms. The molecule has 2 heterocycles. The smallest absolute Gasteiger partial charge is 0.259 e. The Balaban J connectivity index is 2.04. The minimum Gasteiger partial charge on any atom is -0.480 e. The van der Waals surface area contributed by atoms with Crippen LogP contribution in [0.15, 0.2) is 18.3 Å². The number of pyridine rings is 1. The van der Waals surface area contributed by atoms with Crippen LogP contribution in [0.3, 0.4) is 0 Å². The number of nitrogens with zero attached hydrogens (tertiary/aromatic N) is 3. The molecule has 2 rings (SSSR count). The fourth-order valence-corrected chi connectivity index (χ4v) is 2.53. The number of ether oxygens (including phenoxy) is 1. The molecule has 1 aromatic rings. The van der Waals surface area contributed by atoms with Gasteiger partial charge in [-0.2, -0.15) is 0 Å². The lowest BCUT2D eigenvalue weighted by Gasteiger charge is -2.43. The fraction of sp³-hybridized carbons (Fsp3) is 0.600. The average Bonchev–Trinajstić information content (AvgIpc) is 2.54. The second kappa shape index (κ2) is 6.41. The molecule has 0 bridgehead atoms. The van der Waals surface area contributed by atoms with Gasteiger partial charge in [0.15, 0.2) is 0 Å². The number of hydrogen-bond acceptors (Lipinski definition) is 5. The van der Waals surface area contributed by atoms with E-state index in [1.165, 1.54) is 7.11 Å². The topological polar surface area (TPSA) is 71.7 Å². The molecular weight excluding hydrogens is 268 g/mol. The average molecular weight is 292 g/mol. The Morgan fingerprint density at radius 3 is 2.62 bits per heavy atom. The number of carbonyl (C=O) groups excluding carboxylic acids is 1. The summed E-state index contributed by atoms with van der Waals surface area (Å²) in [5.74, 6) is 0.359. The first kappa shape index (κ1) is 15.7. The van der Waals surface area contributed by atoms with Gasteiger partial charge in [-0.05, 0) is 26.0 Å². The monoisotopic (exact) mass is 292 g/mol. The molecule has 0 radical (unpaired) electrons. The lowest BCUT2D eigenvalue weighted by Crippen LogP contribution is -2.58. The van der Waals surface area contributed by atoms with Crippen LogP contribution in [0, 0.1) is 0 Å². The fourth-order valence-electron chi connectivity index (χ4n) is 2.53. The van der Waals surface area contributed by atoms with E-state index in [9.17, 15) is 4.79 Å². The summed E-state index contributed by atoms with van der Waals surface area (Å²) in [6.07, 6.45) is 1.62. The zero-order valence-corrected chi connectivity index (χ0v) is 13.0. The van der Waals surface area contributed by atoms with Crippen LogP contribution >= 0.6 is 0 Å². The molecule has 6 nitrogen and oxygen atoms in total. The van der Waals surface area contributed by atoms with Crippen molar-refractivity contribution in [3.8, 4) is 5.88 Å². The van der Waals surface area contributed by atoms with Crippen LogP contribution in [0.25, 0.3) is 0 Å². The molecule has 1 fully saturated rings. The summed E-state index contributed by atoms with van der Waals surface area (Å²) < 4.78 is 5.16. The quantitative estimate of drug-likeness (QED) is 0.879. The van der Waals surface area contributed by atoms with E-state index in [0.29, 0.717) is 31.1 Å². The third kappa shape index (κ3) is 3.33. The van der Waals surface area contributed by atoms with Gasteiger partial charge in [0.25, 0.3) is 5.91 Å². The number of amides is 1. The number of carbonyl (C=O) groups is 1. The third-order valence-electron chi connectivity index (χ3n) is 4.12. The van der Waals surface area contributed by atoms with Crippen molar-refractivity contribution in [2.75, 3.05) is 39.8 Å². The molecule has 0 aliphatic carbocycles. The van der Waals surface area contributed by atoms with Gasteiger partial charge in [0.2, 0.25) is 5.88 Å². The Bertz CT molecular complexity index is 496. The van der Waals surface area contributed by atoms with Crippen LogP contribution in [-0.4, -0.2) is 66.1 Å². The van der Waals surface area contributed by atoms with Crippen molar-refractivity contribution < 1.29 is 9.53 Å². The lowest BCUT2D eigenvalue weighted by molar-refractivity contribution is 0.0423. The summed E-state index contributed by atoms with van der Waals surface area (Å²) in [4.78, 5) is 20.8. The van der Waals surface area contributed by atoms with Crippen molar-refractivity contribution in [3.63, 3.8) is 0 Å². The summed E-state index contributed by atoms with van der Waals surface area (Å²) >= 11 is 0. The van der Waals surface area contributed by atoms with Gasteiger partial charge in [0.05, 0.1) is 7.11 Å². The second-order valence-electron chi connectivity index (χ2n) is 5.86. The van der Waals surface area contributed by atoms with Gasteiger partial charge < -0.3 is 15.4 Å². The van der Waals surface area contributed by atoms with Gasteiger partial charge in [0, 0.05) is 44.5 Å². The summed E-state index contributed by atoms with van der Waals surface area (Å²) in [6.45, 7) is 7.93. The van der Waals surface area contributed by atoms with Gasteiger partial charge in [0.1, 0.15) is 5.56 Å². The first-order chi connectivity index (χ1) is 9.99. The van der Waals surface area contributed by atoms with Gasteiger partial charge in [-0.3, -0.25) is 9.69 Å². The molecular formula is C15H24N4O2. The number of methoxy groups -OCH3 is 1. The van der Waals surface area contributed by atoms with Crippen molar-refractivity contribution in [1.82, 2.24) is 14.8 Å².